The summed E-state index contributed by atoms with van der Waals surface area (Å²) >= 11 is 1.64. The van der Waals surface area contributed by atoms with E-state index in [0.29, 0.717) is 5.69 Å². The van der Waals surface area contributed by atoms with Crippen molar-refractivity contribution in [2.24, 2.45) is 5.92 Å². The summed E-state index contributed by atoms with van der Waals surface area (Å²) < 4.78 is 1.15. The number of aryl methyl sites for hydroxylation is 1. The molecule has 2 N–H and O–H groups in total. The average Bonchev–Trinajstić information content (AvgIpc) is 3.34. The highest BCUT2D eigenvalue weighted by molar-refractivity contribution is 7.21. The molecule has 160 valence electrons. The van der Waals surface area contributed by atoms with Gasteiger partial charge in [0.15, 0.2) is 6.04 Å². The number of nitrogens with zero attached hydrogens (tertiary/aromatic N) is 2. The lowest BCUT2D eigenvalue weighted by atomic mass is 9.97. The number of likely N-dealkylation sites (tertiary alicyclic amines) is 1. The van der Waals surface area contributed by atoms with Crippen LogP contribution in [0.4, 0.5) is 5.69 Å². The van der Waals surface area contributed by atoms with Gasteiger partial charge >= 0.3 is 0 Å². The largest absolute Gasteiger partial charge is 0.396 e. The summed E-state index contributed by atoms with van der Waals surface area (Å²) in [5, 5.41) is 10.4. The summed E-state index contributed by atoms with van der Waals surface area (Å²) in [6.07, 6.45) is 2.21. The second-order valence-corrected chi connectivity index (χ2v) is 9.70. The zero-order valence-corrected chi connectivity index (χ0v) is 18.3. The highest BCUT2D eigenvalue weighted by Crippen LogP contribution is 2.32. The number of imide groups is 1. The Kier molecular flexibility index (Phi) is 5.33. The van der Waals surface area contributed by atoms with Crippen LogP contribution in [0.5, 0.6) is 0 Å². The Bertz CT molecular complexity index is 1140. The molecule has 0 saturated carbocycles. The SMILES string of the molecule is Cc1ccc2nc(-c3ccc(N4C(=O)C[C@H]([NH+]5CCC[C@H](CO)C5)C4=O)cc3)sc2c1. The van der Waals surface area contributed by atoms with Gasteiger partial charge in [-0.15, -0.1) is 11.3 Å². The highest BCUT2D eigenvalue weighted by atomic mass is 32.1. The minimum atomic E-state index is -0.339. The van der Waals surface area contributed by atoms with Crippen LogP contribution >= 0.6 is 11.3 Å². The van der Waals surface area contributed by atoms with Gasteiger partial charge in [-0.25, -0.2) is 9.88 Å². The zero-order valence-electron chi connectivity index (χ0n) is 17.5. The molecule has 1 unspecified atom stereocenters. The molecule has 2 aromatic carbocycles. The second-order valence-electron chi connectivity index (χ2n) is 8.66. The van der Waals surface area contributed by atoms with Crippen molar-refractivity contribution in [2.75, 3.05) is 24.6 Å². The first-order chi connectivity index (χ1) is 15.0. The molecule has 0 aliphatic carbocycles. The highest BCUT2D eigenvalue weighted by Gasteiger charge is 2.46. The average molecular weight is 437 g/mol. The monoisotopic (exact) mass is 436 g/mol. The predicted octanol–water partition coefficient (Wildman–Crippen LogP) is 2.19. The Hall–Kier alpha value is -2.61. The Balaban J connectivity index is 1.36. The third-order valence-electron chi connectivity index (χ3n) is 6.48. The number of aliphatic hydroxyl groups excluding tert-OH is 1. The summed E-state index contributed by atoms with van der Waals surface area (Å²) in [6.45, 7) is 3.85. The van der Waals surface area contributed by atoms with E-state index in [0.717, 1.165) is 51.6 Å². The van der Waals surface area contributed by atoms with Gasteiger partial charge in [-0.1, -0.05) is 6.07 Å². The summed E-state index contributed by atoms with van der Waals surface area (Å²) in [6, 6.07) is 13.4. The minimum Gasteiger partial charge on any atom is -0.396 e. The van der Waals surface area contributed by atoms with Crippen molar-refractivity contribution >= 4 is 39.1 Å². The van der Waals surface area contributed by atoms with Crippen molar-refractivity contribution in [1.82, 2.24) is 4.98 Å². The number of piperidine rings is 1. The van der Waals surface area contributed by atoms with Gasteiger partial charge in [0, 0.05) is 11.5 Å². The van der Waals surface area contributed by atoms with Crippen LogP contribution in [-0.2, 0) is 9.59 Å². The molecule has 31 heavy (non-hydrogen) atoms. The molecule has 2 aliphatic rings. The molecule has 0 radical (unpaired) electrons. The van der Waals surface area contributed by atoms with Crippen molar-refractivity contribution in [3.8, 4) is 10.6 Å². The van der Waals surface area contributed by atoms with E-state index in [1.165, 1.54) is 10.5 Å². The summed E-state index contributed by atoms with van der Waals surface area (Å²) in [7, 11) is 0. The van der Waals surface area contributed by atoms with Crippen LogP contribution in [0.1, 0.15) is 24.8 Å². The molecule has 0 bridgehead atoms. The van der Waals surface area contributed by atoms with Crippen molar-refractivity contribution < 1.29 is 19.6 Å². The summed E-state index contributed by atoms with van der Waals surface area (Å²) in [5.41, 5.74) is 3.78. The van der Waals surface area contributed by atoms with E-state index in [9.17, 15) is 14.7 Å². The molecular weight excluding hydrogens is 410 g/mol. The number of aromatic nitrogens is 1. The first-order valence-corrected chi connectivity index (χ1v) is 11.6. The summed E-state index contributed by atoms with van der Waals surface area (Å²) in [4.78, 5) is 33.0. The molecule has 1 aromatic heterocycles. The van der Waals surface area contributed by atoms with Crippen LogP contribution in [0.3, 0.4) is 0 Å². The number of carbonyl (C=O) groups is 2. The number of rotatable bonds is 4. The first kappa shape index (κ1) is 20.3. The van der Waals surface area contributed by atoms with Crippen molar-refractivity contribution in [3.05, 3.63) is 48.0 Å². The number of anilines is 1. The van der Waals surface area contributed by atoms with Crippen LogP contribution in [-0.4, -0.2) is 47.6 Å². The van der Waals surface area contributed by atoms with Gasteiger partial charge in [0.1, 0.15) is 5.01 Å². The van der Waals surface area contributed by atoms with Gasteiger partial charge in [-0.2, -0.15) is 0 Å². The second kappa shape index (κ2) is 8.15. The topological polar surface area (TPSA) is 74.9 Å². The first-order valence-electron chi connectivity index (χ1n) is 10.8. The standard InChI is InChI=1S/C24H25N3O3S/c1-15-4-9-19-21(11-15)31-23(25-19)17-5-7-18(8-6-17)27-22(29)12-20(24(27)30)26-10-2-3-16(13-26)14-28/h4-9,11,16,20,28H,2-3,10,12-14H2,1H3/p+1/t16-,20-/m0/s1. The molecule has 6 nitrogen and oxygen atoms in total. The number of hydrogen-bond acceptors (Lipinski definition) is 5. The lowest BCUT2D eigenvalue weighted by Gasteiger charge is -2.31. The molecule has 2 amide bonds. The fraction of sp³-hybridized carbons (Fsp3) is 0.375. The van der Waals surface area contributed by atoms with Crippen molar-refractivity contribution in [1.29, 1.82) is 0 Å². The number of amides is 2. The molecule has 5 rings (SSSR count). The number of fused-ring (bicyclic) bond motifs is 1. The van der Waals surface area contributed by atoms with Crippen LogP contribution in [0, 0.1) is 12.8 Å². The van der Waals surface area contributed by atoms with Gasteiger partial charge in [0.25, 0.3) is 5.91 Å². The third-order valence-corrected chi connectivity index (χ3v) is 7.54. The Morgan fingerprint density at radius 2 is 2.00 bits per heavy atom. The molecule has 2 aliphatic heterocycles. The minimum absolute atomic E-state index is 0.123. The van der Waals surface area contributed by atoms with Crippen LogP contribution in [0.15, 0.2) is 42.5 Å². The molecule has 3 atom stereocenters. The van der Waals surface area contributed by atoms with Gasteiger partial charge < -0.3 is 10.0 Å². The van der Waals surface area contributed by atoms with E-state index in [1.54, 1.807) is 11.3 Å². The maximum absolute atomic E-state index is 13.1. The number of quaternary nitrogens is 1. The van der Waals surface area contributed by atoms with Gasteiger partial charge in [0.2, 0.25) is 5.91 Å². The maximum Gasteiger partial charge on any atom is 0.292 e. The van der Waals surface area contributed by atoms with E-state index in [1.807, 2.05) is 30.3 Å². The van der Waals surface area contributed by atoms with Crippen molar-refractivity contribution in [2.45, 2.75) is 32.2 Å². The maximum atomic E-state index is 13.1. The number of benzene rings is 2. The quantitative estimate of drug-likeness (QED) is 0.615. The Morgan fingerprint density at radius 1 is 1.19 bits per heavy atom. The Morgan fingerprint density at radius 3 is 2.77 bits per heavy atom. The molecule has 3 aromatic rings. The number of nitrogens with one attached hydrogen (secondary N) is 1. The predicted molar refractivity (Wildman–Crippen MR) is 121 cm³/mol. The van der Waals surface area contributed by atoms with E-state index in [-0.39, 0.29) is 36.8 Å². The lowest BCUT2D eigenvalue weighted by Crippen LogP contribution is -3.18. The number of thiazole rings is 1. The number of hydrogen-bond donors (Lipinski definition) is 2. The Labute approximate surface area is 185 Å². The van der Waals surface area contributed by atoms with Gasteiger partial charge in [-0.05, 0) is 61.7 Å². The fourth-order valence-electron chi connectivity index (χ4n) is 4.80. The van der Waals surface area contributed by atoms with Crippen LogP contribution in [0.25, 0.3) is 20.8 Å². The molecule has 2 fully saturated rings. The molecular formula is C24H26N3O3S+. The van der Waals surface area contributed by atoms with Gasteiger partial charge in [-0.3, -0.25) is 9.59 Å². The number of aliphatic hydroxyl groups is 1. The molecule has 2 saturated heterocycles. The van der Waals surface area contributed by atoms with E-state index in [2.05, 4.69) is 19.1 Å². The normalized spacial score (nSPS) is 24.3. The molecule has 7 heteroatoms. The zero-order chi connectivity index (χ0) is 21.5. The number of carbonyl (C=O) groups excluding carboxylic acids is 2. The molecule has 3 heterocycles. The lowest BCUT2D eigenvalue weighted by molar-refractivity contribution is -0.923. The fourth-order valence-corrected chi connectivity index (χ4v) is 5.86. The summed E-state index contributed by atoms with van der Waals surface area (Å²) in [5.74, 6) is -0.0452. The third kappa shape index (κ3) is 3.78. The molecule has 0 spiro atoms. The van der Waals surface area contributed by atoms with Crippen LogP contribution in [0.2, 0.25) is 0 Å². The van der Waals surface area contributed by atoms with E-state index < -0.39 is 0 Å². The smallest absolute Gasteiger partial charge is 0.292 e. The van der Waals surface area contributed by atoms with Crippen LogP contribution < -0.4 is 9.80 Å². The van der Waals surface area contributed by atoms with E-state index >= 15 is 0 Å². The van der Waals surface area contributed by atoms with Gasteiger partial charge in [0.05, 0.1) is 42.0 Å². The van der Waals surface area contributed by atoms with E-state index in [4.69, 9.17) is 4.98 Å². The van der Waals surface area contributed by atoms with Crippen molar-refractivity contribution in [3.63, 3.8) is 0 Å².